The Kier molecular flexibility index (Phi) is 9.11. The predicted molar refractivity (Wildman–Crippen MR) is 150 cm³/mol. The summed E-state index contributed by atoms with van der Waals surface area (Å²) in [4.78, 5) is 25.3. The Hall–Kier alpha value is -4.02. The van der Waals surface area contributed by atoms with E-state index in [9.17, 15) is 18.0 Å². The number of piperidine rings is 1. The molecule has 0 aromatic heterocycles. The van der Waals surface area contributed by atoms with Gasteiger partial charge in [0, 0.05) is 24.7 Å². The van der Waals surface area contributed by atoms with Crippen LogP contribution in [0.4, 0.5) is 5.69 Å². The van der Waals surface area contributed by atoms with E-state index in [2.05, 4.69) is 15.8 Å². The van der Waals surface area contributed by atoms with Gasteiger partial charge in [0.1, 0.15) is 5.75 Å². The van der Waals surface area contributed by atoms with E-state index >= 15 is 0 Å². The summed E-state index contributed by atoms with van der Waals surface area (Å²) in [6.45, 7) is 2.35. The number of rotatable bonds is 9. The molecule has 9 nitrogen and oxygen atoms in total. The quantitative estimate of drug-likeness (QED) is 0.312. The first kappa shape index (κ1) is 28.0. The average Bonchev–Trinajstić information content (AvgIpc) is 2.97. The van der Waals surface area contributed by atoms with Crippen LogP contribution in [0.2, 0.25) is 0 Å². The Morgan fingerprint density at radius 2 is 1.59 bits per heavy atom. The molecule has 0 saturated carbocycles. The number of carbonyl (C=O) groups is 2. The van der Waals surface area contributed by atoms with Gasteiger partial charge in [-0.1, -0.05) is 42.5 Å². The number of nitrogens with one attached hydrogen (secondary N) is 2. The van der Waals surface area contributed by atoms with Crippen LogP contribution in [-0.2, 0) is 26.0 Å². The molecule has 2 amide bonds. The summed E-state index contributed by atoms with van der Waals surface area (Å²) in [5, 5.41) is 7.11. The van der Waals surface area contributed by atoms with Crippen LogP contribution in [0.15, 0.2) is 88.9 Å². The van der Waals surface area contributed by atoms with E-state index in [-0.39, 0.29) is 42.1 Å². The number of carbonyl (C=O) groups excluding carboxylic acids is 2. The minimum Gasteiger partial charge on any atom is -0.497 e. The van der Waals surface area contributed by atoms with Gasteiger partial charge in [-0.05, 0) is 67.3 Å². The summed E-state index contributed by atoms with van der Waals surface area (Å²) in [6.07, 6.45) is 1.10. The summed E-state index contributed by atoms with van der Waals surface area (Å²) in [6, 6.07) is 22.9. The number of hydrazone groups is 1. The SMILES string of the molecule is COc1ccc(CC(=O)Nc2ccc(/C(C)=N/NC(=O)C3CCN(S(=O)(=O)c4ccccc4)CC3)cc2)cc1. The fourth-order valence-corrected chi connectivity index (χ4v) is 5.81. The van der Waals surface area contributed by atoms with Crippen molar-refractivity contribution in [3.63, 3.8) is 0 Å². The Labute approximate surface area is 228 Å². The van der Waals surface area contributed by atoms with Gasteiger partial charge >= 0.3 is 0 Å². The number of hydrogen-bond donors (Lipinski definition) is 2. The molecule has 1 heterocycles. The molecule has 0 spiro atoms. The van der Waals surface area contributed by atoms with Crippen LogP contribution >= 0.6 is 0 Å². The zero-order valence-corrected chi connectivity index (χ0v) is 22.8. The molecule has 1 aliphatic rings. The molecule has 2 N–H and O–H groups in total. The van der Waals surface area contributed by atoms with Gasteiger partial charge < -0.3 is 10.1 Å². The molecule has 3 aromatic carbocycles. The van der Waals surface area contributed by atoms with Crippen LogP contribution < -0.4 is 15.5 Å². The molecule has 0 atom stereocenters. The number of sulfonamides is 1. The lowest BCUT2D eigenvalue weighted by Gasteiger charge is -2.30. The summed E-state index contributed by atoms with van der Waals surface area (Å²) >= 11 is 0. The van der Waals surface area contributed by atoms with Gasteiger partial charge in [0.05, 0.1) is 24.1 Å². The highest BCUT2D eigenvalue weighted by Gasteiger charge is 2.32. The third-order valence-electron chi connectivity index (χ3n) is 6.65. The number of hydrogen-bond acceptors (Lipinski definition) is 6. The highest BCUT2D eigenvalue weighted by Crippen LogP contribution is 2.24. The van der Waals surface area contributed by atoms with Crippen LogP contribution in [0.5, 0.6) is 5.75 Å². The molecule has 39 heavy (non-hydrogen) atoms. The van der Waals surface area contributed by atoms with Crippen molar-refractivity contribution in [1.82, 2.24) is 9.73 Å². The Bertz CT molecular complexity index is 1410. The Morgan fingerprint density at radius 1 is 0.949 bits per heavy atom. The molecule has 0 aliphatic carbocycles. The summed E-state index contributed by atoms with van der Waals surface area (Å²) in [5.41, 5.74) is 5.57. The number of methoxy groups -OCH3 is 1. The number of amides is 2. The highest BCUT2D eigenvalue weighted by molar-refractivity contribution is 7.89. The second-order valence-corrected chi connectivity index (χ2v) is 11.3. The zero-order valence-electron chi connectivity index (χ0n) is 22.0. The van der Waals surface area contributed by atoms with Crippen molar-refractivity contribution in [1.29, 1.82) is 0 Å². The molecule has 4 rings (SSSR count). The van der Waals surface area contributed by atoms with Crippen molar-refractivity contribution in [2.24, 2.45) is 11.0 Å². The monoisotopic (exact) mass is 548 g/mol. The number of benzene rings is 3. The summed E-state index contributed by atoms with van der Waals surface area (Å²) in [5.74, 6) is 0.0661. The molecule has 1 saturated heterocycles. The van der Waals surface area contributed by atoms with Crippen LogP contribution in [0.3, 0.4) is 0 Å². The lowest BCUT2D eigenvalue weighted by Crippen LogP contribution is -2.42. The van der Waals surface area contributed by atoms with Crippen molar-refractivity contribution in [3.05, 3.63) is 90.0 Å². The van der Waals surface area contributed by atoms with Crippen molar-refractivity contribution in [3.8, 4) is 5.75 Å². The largest absolute Gasteiger partial charge is 0.497 e. The zero-order chi connectivity index (χ0) is 27.8. The van der Waals surface area contributed by atoms with E-state index in [4.69, 9.17) is 4.74 Å². The maximum atomic E-state index is 12.8. The van der Waals surface area contributed by atoms with Gasteiger partial charge in [-0.25, -0.2) is 13.8 Å². The minimum atomic E-state index is -3.56. The van der Waals surface area contributed by atoms with Crippen LogP contribution in [0.25, 0.3) is 0 Å². The molecule has 3 aromatic rings. The predicted octanol–water partition coefficient (Wildman–Crippen LogP) is 3.82. The smallest absolute Gasteiger partial charge is 0.243 e. The number of anilines is 1. The second-order valence-electron chi connectivity index (χ2n) is 9.32. The molecule has 0 bridgehead atoms. The van der Waals surface area contributed by atoms with Crippen LogP contribution in [-0.4, -0.2) is 50.4 Å². The fraction of sp³-hybridized carbons (Fsp3) is 0.276. The van der Waals surface area contributed by atoms with Crippen molar-refractivity contribution >= 4 is 33.2 Å². The normalized spacial score (nSPS) is 15.0. The number of nitrogens with zero attached hydrogens (tertiary/aromatic N) is 2. The van der Waals surface area contributed by atoms with Gasteiger partial charge in [-0.3, -0.25) is 9.59 Å². The van der Waals surface area contributed by atoms with E-state index in [0.29, 0.717) is 24.2 Å². The van der Waals surface area contributed by atoms with E-state index in [1.807, 2.05) is 36.4 Å². The summed E-state index contributed by atoms with van der Waals surface area (Å²) in [7, 11) is -1.96. The van der Waals surface area contributed by atoms with Gasteiger partial charge in [-0.2, -0.15) is 9.41 Å². The second kappa shape index (κ2) is 12.7. The maximum Gasteiger partial charge on any atom is 0.243 e. The maximum absolute atomic E-state index is 12.8. The van der Waals surface area contributed by atoms with Crippen LogP contribution in [0.1, 0.15) is 30.9 Å². The van der Waals surface area contributed by atoms with Gasteiger partial charge in [0.2, 0.25) is 21.8 Å². The first-order chi connectivity index (χ1) is 18.8. The molecule has 10 heteroatoms. The van der Waals surface area contributed by atoms with Crippen molar-refractivity contribution < 1.29 is 22.7 Å². The van der Waals surface area contributed by atoms with Gasteiger partial charge in [0.15, 0.2) is 0 Å². The van der Waals surface area contributed by atoms with E-state index < -0.39 is 10.0 Å². The number of ether oxygens (including phenoxy) is 1. The topological polar surface area (TPSA) is 117 Å². The van der Waals surface area contributed by atoms with E-state index in [0.717, 1.165) is 16.9 Å². The van der Waals surface area contributed by atoms with Crippen molar-refractivity contribution in [2.45, 2.75) is 31.1 Å². The first-order valence-electron chi connectivity index (χ1n) is 12.7. The Balaban J connectivity index is 1.25. The van der Waals surface area contributed by atoms with Gasteiger partial charge in [-0.15, -0.1) is 0 Å². The third-order valence-corrected chi connectivity index (χ3v) is 8.56. The average molecular weight is 549 g/mol. The highest BCUT2D eigenvalue weighted by atomic mass is 32.2. The summed E-state index contributed by atoms with van der Waals surface area (Å²) < 4.78 is 32.2. The lowest BCUT2D eigenvalue weighted by molar-refractivity contribution is -0.126. The molecule has 0 radical (unpaired) electrons. The van der Waals surface area contributed by atoms with Gasteiger partial charge in [0.25, 0.3) is 0 Å². The fourth-order valence-electron chi connectivity index (χ4n) is 4.32. The van der Waals surface area contributed by atoms with Crippen LogP contribution in [0, 0.1) is 5.92 Å². The molecule has 204 valence electrons. The minimum absolute atomic E-state index is 0.131. The molecular formula is C29H32N4O5S. The van der Waals surface area contributed by atoms with E-state index in [1.165, 1.54) is 4.31 Å². The first-order valence-corrected chi connectivity index (χ1v) is 14.1. The Morgan fingerprint density at radius 3 is 2.21 bits per heavy atom. The lowest BCUT2D eigenvalue weighted by atomic mass is 9.98. The third kappa shape index (κ3) is 7.30. The van der Waals surface area contributed by atoms with E-state index in [1.54, 1.807) is 56.5 Å². The molecule has 1 fully saturated rings. The van der Waals surface area contributed by atoms with Crippen molar-refractivity contribution in [2.75, 3.05) is 25.5 Å². The molecular weight excluding hydrogens is 516 g/mol. The molecule has 0 unspecified atom stereocenters. The molecule has 1 aliphatic heterocycles. The standard InChI is InChI=1S/C29H32N4O5S/c1-21(23-10-12-25(13-11-23)30-28(34)20-22-8-14-26(38-2)15-9-22)31-32-29(35)24-16-18-33(19-17-24)39(36,37)27-6-4-3-5-7-27/h3-15,24H,16-20H2,1-2H3,(H,30,34)(H,32,35)/b31-21+.